The molecule has 0 saturated carbocycles. The summed E-state index contributed by atoms with van der Waals surface area (Å²) in [7, 11) is 0. The highest BCUT2D eigenvalue weighted by Gasteiger charge is 2.20. The highest BCUT2D eigenvalue weighted by molar-refractivity contribution is 5.82. The summed E-state index contributed by atoms with van der Waals surface area (Å²) in [6.45, 7) is 4.29. The second kappa shape index (κ2) is 6.91. The van der Waals surface area contributed by atoms with E-state index < -0.39 is 0 Å². The Labute approximate surface area is 114 Å². The summed E-state index contributed by atoms with van der Waals surface area (Å²) in [6.07, 6.45) is 4.24. The summed E-state index contributed by atoms with van der Waals surface area (Å²) in [6, 6.07) is 9.71. The van der Waals surface area contributed by atoms with Crippen LogP contribution in [0.4, 0.5) is 0 Å². The molecule has 0 radical (unpaired) electrons. The molecule has 3 nitrogen and oxygen atoms in total. The first kappa shape index (κ1) is 13.6. The van der Waals surface area contributed by atoms with E-state index in [0.29, 0.717) is 6.61 Å². The van der Waals surface area contributed by atoms with Gasteiger partial charge in [-0.1, -0.05) is 30.3 Å². The molecule has 1 heterocycles. The van der Waals surface area contributed by atoms with Crippen LogP contribution in [0.2, 0.25) is 0 Å². The smallest absolute Gasteiger partial charge is 0.318 e. The zero-order chi connectivity index (χ0) is 13.5. The van der Waals surface area contributed by atoms with Crippen molar-refractivity contribution in [1.29, 1.82) is 0 Å². The zero-order valence-corrected chi connectivity index (χ0v) is 11.3. The van der Waals surface area contributed by atoms with Gasteiger partial charge in [-0.2, -0.15) is 4.58 Å². The minimum absolute atomic E-state index is 0.208. The predicted octanol–water partition coefficient (Wildman–Crippen LogP) is 2.37. The van der Waals surface area contributed by atoms with Crippen LogP contribution in [0.3, 0.4) is 0 Å². The summed E-state index contributed by atoms with van der Waals surface area (Å²) in [5, 5.41) is 0. The third-order valence-electron chi connectivity index (χ3n) is 3.23. The van der Waals surface area contributed by atoms with Gasteiger partial charge in [0, 0.05) is 18.9 Å². The summed E-state index contributed by atoms with van der Waals surface area (Å²) in [4.78, 5) is 12.0. The topological polar surface area (TPSA) is 29.3 Å². The third-order valence-corrected chi connectivity index (χ3v) is 3.23. The van der Waals surface area contributed by atoms with Gasteiger partial charge in [-0.3, -0.25) is 4.79 Å². The molecule has 1 atom stereocenters. The number of ether oxygens (including phenoxy) is 1. The Kier molecular flexibility index (Phi) is 4.93. The molecule has 1 unspecified atom stereocenters. The van der Waals surface area contributed by atoms with E-state index in [1.807, 2.05) is 43.3 Å². The molecule has 0 N–H and O–H groups in total. The first-order valence-corrected chi connectivity index (χ1v) is 6.87. The molecule has 1 aromatic carbocycles. The van der Waals surface area contributed by atoms with Gasteiger partial charge >= 0.3 is 5.97 Å². The lowest BCUT2D eigenvalue weighted by Crippen LogP contribution is -2.15. The van der Waals surface area contributed by atoms with Gasteiger partial charge in [-0.15, -0.1) is 0 Å². The van der Waals surface area contributed by atoms with Gasteiger partial charge < -0.3 is 4.74 Å². The molecule has 1 aliphatic heterocycles. The highest BCUT2D eigenvalue weighted by atomic mass is 16.5. The van der Waals surface area contributed by atoms with E-state index in [1.165, 1.54) is 12.8 Å². The minimum atomic E-state index is -0.359. The standard InChI is InChI=1S/C16H20NO2/c1-2-19-16(18)15(14-8-4-3-5-9-14)10-13-17-11-6-7-12-17/h3-5,8-10,15H,2,6-7,11-12H2,1H3/q+1. The molecule has 19 heavy (non-hydrogen) atoms. The molecule has 1 aliphatic rings. The number of carbonyl (C=O) groups excluding carboxylic acids is 1. The van der Waals surface area contributed by atoms with Gasteiger partial charge in [0.1, 0.15) is 5.92 Å². The summed E-state index contributed by atoms with van der Waals surface area (Å²) < 4.78 is 7.28. The van der Waals surface area contributed by atoms with Crippen molar-refractivity contribution in [2.45, 2.75) is 25.7 Å². The molecule has 1 saturated heterocycles. The summed E-state index contributed by atoms with van der Waals surface area (Å²) in [5.41, 5.74) is 0.952. The van der Waals surface area contributed by atoms with Crippen molar-refractivity contribution < 1.29 is 14.1 Å². The molecule has 3 heteroatoms. The fourth-order valence-electron chi connectivity index (χ4n) is 2.22. The Morgan fingerprint density at radius 2 is 2.05 bits per heavy atom. The van der Waals surface area contributed by atoms with Crippen molar-refractivity contribution in [2.75, 3.05) is 19.7 Å². The molecular formula is C16H20NO2+. The Bertz CT molecular complexity index is 479. The number of benzene rings is 1. The van der Waals surface area contributed by atoms with Crippen molar-refractivity contribution in [1.82, 2.24) is 0 Å². The van der Waals surface area contributed by atoms with Crippen LogP contribution in [0.15, 0.2) is 36.4 Å². The van der Waals surface area contributed by atoms with Gasteiger partial charge in [-0.05, 0) is 12.5 Å². The first-order chi connectivity index (χ1) is 9.31. The number of rotatable bonds is 4. The quantitative estimate of drug-likeness (QED) is 0.613. The lowest BCUT2D eigenvalue weighted by atomic mass is 9.99. The van der Waals surface area contributed by atoms with Crippen LogP contribution in [0, 0.1) is 0 Å². The Hall–Kier alpha value is -1.86. The van der Waals surface area contributed by atoms with Gasteiger partial charge in [0.2, 0.25) is 0 Å². The van der Waals surface area contributed by atoms with Crippen molar-refractivity contribution in [3.8, 4) is 0 Å². The molecule has 0 aromatic heterocycles. The van der Waals surface area contributed by atoms with E-state index in [4.69, 9.17) is 4.74 Å². The van der Waals surface area contributed by atoms with Crippen LogP contribution in [-0.4, -0.2) is 36.1 Å². The van der Waals surface area contributed by atoms with Crippen molar-refractivity contribution in [3.05, 3.63) is 42.0 Å². The molecule has 0 amide bonds. The Balaban J connectivity index is 2.24. The van der Waals surface area contributed by atoms with Crippen molar-refractivity contribution in [2.24, 2.45) is 0 Å². The van der Waals surface area contributed by atoms with E-state index >= 15 is 0 Å². The predicted molar refractivity (Wildman–Crippen MR) is 74.6 cm³/mol. The lowest BCUT2D eigenvalue weighted by molar-refractivity contribution is -0.498. The van der Waals surface area contributed by atoms with Crippen LogP contribution in [0.5, 0.6) is 0 Å². The van der Waals surface area contributed by atoms with E-state index in [2.05, 4.69) is 10.4 Å². The second-order valence-electron chi connectivity index (χ2n) is 4.63. The fourth-order valence-corrected chi connectivity index (χ4v) is 2.22. The van der Waals surface area contributed by atoms with Crippen LogP contribution in [0.25, 0.3) is 0 Å². The number of nitrogens with zero attached hydrogens (tertiary/aromatic N) is 1. The molecule has 0 bridgehead atoms. The SMILES string of the molecule is CCOC(=O)C(C=C=[N+]1CCCC1)c1ccccc1. The first-order valence-electron chi connectivity index (χ1n) is 6.87. The Morgan fingerprint density at radius 1 is 1.37 bits per heavy atom. The van der Waals surface area contributed by atoms with Crippen LogP contribution in [0.1, 0.15) is 31.2 Å². The number of esters is 1. The van der Waals surface area contributed by atoms with Crippen molar-refractivity contribution >= 4 is 11.8 Å². The number of carbonyl (C=O) groups is 1. The van der Waals surface area contributed by atoms with Gasteiger partial charge in [0.15, 0.2) is 19.0 Å². The molecule has 1 fully saturated rings. The Morgan fingerprint density at radius 3 is 2.68 bits per heavy atom. The monoisotopic (exact) mass is 258 g/mol. The van der Waals surface area contributed by atoms with E-state index in [-0.39, 0.29) is 11.9 Å². The van der Waals surface area contributed by atoms with Crippen LogP contribution >= 0.6 is 0 Å². The van der Waals surface area contributed by atoms with E-state index in [0.717, 1.165) is 18.7 Å². The van der Waals surface area contributed by atoms with E-state index in [9.17, 15) is 4.79 Å². The zero-order valence-electron chi connectivity index (χ0n) is 11.3. The number of hydrogen-bond donors (Lipinski definition) is 0. The third kappa shape index (κ3) is 3.80. The normalized spacial score (nSPS) is 15.7. The average molecular weight is 258 g/mol. The summed E-state index contributed by atoms with van der Waals surface area (Å²) in [5.74, 6) is 2.66. The fraction of sp³-hybridized carbons (Fsp3) is 0.438. The van der Waals surface area contributed by atoms with Crippen LogP contribution in [-0.2, 0) is 9.53 Å². The molecule has 100 valence electrons. The molecular weight excluding hydrogens is 238 g/mol. The maximum atomic E-state index is 12.0. The maximum absolute atomic E-state index is 12.0. The maximum Gasteiger partial charge on any atom is 0.318 e. The second-order valence-corrected chi connectivity index (χ2v) is 4.63. The van der Waals surface area contributed by atoms with Gasteiger partial charge in [0.25, 0.3) is 0 Å². The summed E-state index contributed by atoms with van der Waals surface area (Å²) >= 11 is 0. The molecule has 0 spiro atoms. The van der Waals surface area contributed by atoms with E-state index in [1.54, 1.807) is 0 Å². The van der Waals surface area contributed by atoms with Crippen LogP contribution < -0.4 is 0 Å². The lowest BCUT2D eigenvalue weighted by Gasteiger charge is -2.10. The molecule has 1 aromatic rings. The highest BCUT2D eigenvalue weighted by Crippen LogP contribution is 2.18. The largest absolute Gasteiger partial charge is 0.465 e. The van der Waals surface area contributed by atoms with Crippen molar-refractivity contribution in [3.63, 3.8) is 0 Å². The number of hydrogen-bond acceptors (Lipinski definition) is 2. The van der Waals surface area contributed by atoms with Gasteiger partial charge in [0.05, 0.1) is 6.61 Å². The average Bonchev–Trinajstić information content (AvgIpc) is 2.94. The minimum Gasteiger partial charge on any atom is -0.465 e. The molecule has 0 aliphatic carbocycles. The van der Waals surface area contributed by atoms with Gasteiger partial charge in [-0.25, -0.2) is 0 Å². The molecule has 2 rings (SSSR count).